The van der Waals surface area contributed by atoms with Gasteiger partial charge >= 0.3 is 6.36 Å². The third kappa shape index (κ3) is 5.20. The Morgan fingerprint density at radius 3 is 2.77 bits per heavy atom. The molecule has 0 bridgehead atoms. The van der Waals surface area contributed by atoms with Crippen LogP contribution in [0.1, 0.15) is 33.1 Å². The lowest BCUT2D eigenvalue weighted by atomic mass is 9.91. The summed E-state index contributed by atoms with van der Waals surface area (Å²) in [6, 6.07) is 3.57. The number of carbonyl (C=O) groups excluding carboxylic acids is 2. The van der Waals surface area contributed by atoms with Crippen LogP contribution in [-0.2, 0) is 9.59 Å². The topological polar surface area (TPSA) is 97.6 Å². The van der Waals surface area contributed by atoms with Gasteiger partial charge < -0.3 is 20.7 Å². The summed E-state index contributed by atoms with van der Waals surface area (Å²) in [5.41, 5.74) is 5.46. The molecule has 3 rings (SSSR count). The number of alkyl halides is 3. The van der Waals surface area contributed by atoms with E-state index in [9.17, 15) is 22.8 Å². The van der Waals surface area contributed by atoms with Gasteiger partial charge in [-0.05, 0) is 38.8 Å². The number of rotatable bonds is 6. The van der Waals surface area contributed by atoms with Crippen LogP contribution in [0.3, 0.4) is 0 Å². The van der Waals surface area contributed by atoms with Gasteiger partial charge in [-0.25, -0.2) is 4.98 Å². The molecule has 11 heteroatoms. The van der Waals surface area contributed by atoms with Crippen molar-refractivity contribution in [3.63, 3.8) is 0 Å². The maximum atomic E-state index is 12.7. The highest BCUT2D eigenvalue weighted by molar-refractivity contribution is 7.22. The third-order valence-corrected chi connectivity index (χ3v) is 5.92. The van der Waals surface area contributed by atoms with Crippen molar-refractivity contribution in [3.8, 4) is 5.75 Å². The zero-order valence-corrected chi connectivity index (χ0v) is 17.4. The summed E-state index contributed by atoms with van der Waals surface area (Å²) in [6.45, 7) is 4.36. The highest BCUT2D eigenvalue weighted by Crippen LogP contribution is 2.32. The Kier molecular flexibility index (Phi) is 6.23. The number of thiazole rings is 1. The number of ether oxygens (including phenoxy) is 1. The number of nitrogens with one attached hydrogen (secondary N) is 1. The van der Waals surface area contributed by atoms with E-state index >= 15 is 0 Å². The minimum atomic E-state index is -4.78. The first kappa shape index (κ1) is 22.3. The van der Waals surface area contributed by atoms with Crippen LogP contribution in [0.15, 0.2) is 18.2 Å². The first-order chi connectivity index (χ1) is 14.0. The Morgan fingerprint density at radius 2 is 2.10 bits per heavy atom. The molecular formula is C19H23F3N4O3S. The van der Waals surface area contributed by atoms with Crippen LogP contribution >= 0.6 is 11.3 Å². The van der Waals surface area contributed by atoms with Crippen molar-refractivity contribution in [2.75, 3.05) is 18.4 Å². The average Bonchev–Trinajstić information content (AvgIpc) is 3.25. The second-order valence-corrected chi connectivity index (χ2v) is 8.86. The lowest BCUT2D eigenvalue weighted by Gasteiger charge is -2.32. The number of hydrogen-bond donors (Lipinski definition) is 2. The number of hydrogen-bond acceptors (Lipinski definition) is 6. The molecule has 30 heavy (non-hydrogen) atoms. The molecule has 164 valence electrons. The Hall–Kier alpha value is -2.40. The zero-order valence-electron chi connectivity index (χ0n) is 16.6. The molecule has 1 aromatic carbocycles. The molecule has 0 spiro atoms. The summed E-state index contributed by atoms with van der Waals surface area (Å²) >= 11 is 1.05. The molecule has 1 aromatic heterocycles. The molecule has 1 fully saturated rings. The molecule has 2 aromatic rings. The molecule has 1 aliphatic rings. The van der Waals surface area contributed by atoms with Gasteiger partial charge in [-0.15, -0.1) is 13.2 Å². The second-order valence-electron chi connectivity index (χ2n) is 7.83. The first-order valence-corrected chi connectivity index (χ1v) is 10.3. The van der Waals surface area contributed by atoms with E-state index in [1.807, 2.05) is 0 Å². The monoisotopic (exact) mass is 444 g/mol. The van der Waals surface area contributed by atoms with Gasteiger partial charge in [0.15, 0.2) is 5.13 Å². The molecule has 1 saturated heterocycles. The number of carbonyl (C=O) groups is 2. The summed E-state index contributed by atoms with van der Waals surface area (Å²) < 4.78 is 41.5. The maximum absolute atomic E-state index is 12.7. The van der Waals surface area contributed by atoms with E-state index in [0.29, 0.717) is 16.8 Å². The Morgan fingerprint density at radius 1 is 1.37 bits per heavy atom. The third-order valence-electron chi connectivity index (χ3n) is 4.99. The molecule has 0 saturated carbocycles. The number of fused-ring (bicyclic) bond motifs is 1. The van der Waals surface area contributed by atoms with Gasteiger partial charge in [0.2, 0.25) is 11.8 Å². The fourth-order valence-corrected chi connectivity index (χ4v) is 4.24. The Balaban J connectivity index is 1.65. The fourth-order valence-electron chi connectivity index (χ4n) is 3.33. The van der Waals surface area contributed by atoms with Crippen molar-refractivity contribution in [2.45, 2.75) is 45.5 Å². The second kappa shape index (κ2) is 8.38. The number of benzene rings is 1. The van der Waals surface area contributed by atoms with Gasteiger partial charge in [-0.2, -0.15) is 0 Å². The van der Waals surface area contributed by atoms with Crippen LogP contribution in [0.2, 0.25) is 0 Å². The van der Waals surface area contributed by atoms with Crippen LogP contribution in [0.4, 0.5) is 18.3 Å². The number of aromatic nitrogens is 1. The predicted molar refractivity (Wildman–Crippen MR) is 107 cm³/mol. The number of anilines is 1. The van der Waals surface area contributed by atoms with Crippen molar-refractivity contribution >= 4 is 38.5 Å². The number of nitrogens with two attached hydrogens (primary N) is 1. The van der Waals surface area contributed by atoms with Gasteiger partial charge in [0, 0.05) is 31.6 Å². The fraction of sp³-hybridized carbons (Fsp3) is 0.526. The van der Waals surface area contributed by atoms with E-state index in [2.05, 4.69) is 15.0 Å². The SMILES string of the molecule is CC(C)(CN)C(=O)N1CCC[C@H]1CC(=O)Nc1nc2ccc(OC(F)(F)F)cc2s1. The van der Waals surface area contributed by atoms with Crippen molar-refractivity contribution in [3.05, 3.63) is 18.2 Å². The lowest BCUT2D eigenvalue weighted by Crippen LogP contribution is -2.47. The van der Waals surface area contributed by atoms with Crippen LogP contribution in [-0.4, -0.2) is 47.2 Å². The molecular weight excluding hydrogens is 421 g/mol. The van der Waals surface area contributed by atoms with Gasteiger partial charge in [0.25, 0.3) is 0 Å². The Bertz CT molecular complexity index is 945. The van der Waals surface area contributed by atoms with Gasteiger partial charge in [0.05, 0.1) is 15.6 Å². The van der Waals surface area contributed by atoms with Crippen LogP contribution in [0.5, 0.6) is 5.75 Å². The summed E-state index contributed by atoms with van der Waals surface area (Å²) in [6.07, 6.45) is -3.13. The molecule has 0 radical (unpaired) electrons. The summed E-state index contributed by atoms with van der Waals surface area (Å²) in [5, 5.41) is 2.96. The van der Waals surface area contributed by atoms with E-state index in [4.69, 9.17) is 5.73 Å². The van der Waals surface area contributed by atoms with Crippen molar-refractivity contribution < 1.29 is 27.5 Å². The molecule has 0 unspecified atom stereocenters. The summed E-state index contributed by atoms with van der Waals surface area (Å²) in [5.74, 6) is -0.729. The molecule has 1 atom stereocenters. The smallest absolute Gasteiger partial charge is 0.406 e. The van der Waals surface area contributed by atoms with E-state index in [-0.39, 0.29) is 41.7 Å². The average molecular weight is 444 g/mol. The van der Waals surface area contributed by atoms with Gasteiger partial charge in [0.1, 0.15) is 5.75 Å². The number of likely N-dealkylation sites (tertiary alicyclic amines) is 1. The summed E-state index contributed by atoms with van der Waals surface area (Å²) in [7, 11) is 0. The van der Waals surface area contributed by atoms with Gasteiger partial charge in [-0.1, -0.05) is 11.3 Å². The largest absolute Gasteiger partial charge is 0.573 e. The standard InChI is InChI=1S/C19H23F3N4O3S/c1-18(2,10-23)16(28)26-7-3-4-11(26)8-15(27)25-17-24-13-6-5-12(9-14(13)30-17)29-19(20,21)22/h5-6,9,11H,3-4,7-8,10,23H2,1-2H3,(H,24,25,27)/t11-/m0/s1. The lowest BCUT2D eigenvalue weighted by molar-refractivity contribution is -0.274. The number of halogens is 3. The molecule has 3 N–H and O–H groups in total. The van der Waals surface area contributed by atoms with Crippen LogP contribution in [0.25, 0.3) is 10.2 Å². The molecule has 1 aliphatic heterocycles. The minimum Gasteiger partial charge on any atom is -0.406 e. The first-order valence-electron chi connectivity index (χ1n) is 9.46. The Labute approximate surface area is 175 Å². The van der Waals surface area contributed by atoms with Gasteiger partial charge in [-0.3, -0.25) is 9.59 Å². The van der Waals surface area contributed by atoms with E-state index < -0.39 is 11.8 Å². The number of amides is 2. The van der Waals surface area contributed by atoms with Crippen molar-refractivity contribution in [1.29, 1.82) is 0 Å². The van der Waals surface area contributed by atoms with Crippen LogP contribution in [0, 0.1) is 5.41 Å². The molecule has 7 nitrogen and oxygen atoms in total. The summed E-state index contributed by atoms with van der Waals surface area (Å²) in [4.78, 5) is 31.2. The van der Waals surface area contributed by atoms with E-state index in [0.717, 1.165) is 24.2 Å². The zero-order chi connectivity index (χ0) is 22.1. The molecule has 2 heterocycles. The number of nitrogens with zero attached hydrogens (tertiary/aromatic N) is 2. The highest BCUT2D eigenvalue weighted by Gasteiger charge is 2.37. The van der Waals surface area contributed by atoms with Crippen molar-refractivity contribution in [2.24, 2.45) is 11.1 Å². The molecule has 2 amide bonds. The van der Waals surface area contributed by atoms with E-state index in [1.165, 1.54) is 18.2 Å². The quantitative estimate of drug-likeness (QED) is 0.711. The van der Waals surface area contributed by atoms with E-state index in [1.54, 1.807) is 18.7 Å². The highest BCUT2D eigenvalue weighted by atomic mass is 32.1. The predicted octanol–water partition coefficient (Wildman–Crippen LogP) is 3.50. The molecule has 0 aliphatic carbocycles. The van der Waals surface area contributed by atoms with Crippen LogP contribution < -0.4 is 15.8 Å². The minimum absolute atomic E-state index is 0.0718. The normalized spacial score (nSPS) is 17.4. The maximum Gasteiger partial charge on any atom is 0.573 e. The van der Waals surface area contributed by atoms with Crippen molar-refractivity contribution in [1.82, 2.24) is 9.88 Å².